The van der Waals surface area contributed by atoms with Gasteiger partial charge in [-0.05, 0) is 43.7 Å². The zero-order chi connectivity index (χ0) is 17.3. The van der Waals surface area contributed by atoms with Gasteiger partial charge in [0, 0.05) is 6.04 Å². The van der Waals surface area contributed by atoms with Gasteiger partial charge in [0.2, 0.25) is 0 Å². The molecule has 0 saturated carbocycles. The highest BCUT2D eigenvalue weighted by atomic mass is 16.5. The lowest BCUT2D eigenvalue weighted by Crippen LogP contribution is -2.12. The zero-order valence-corrected chi connectivity index (χ0v) is 14.4. The van der Waals surface area contributed by atoms with E-state index in [1.807, 2.05) is 30.3 Å². The summed E-state index contributed by atoms with van der Waals surface area (Å²) in [4.78, 5) is 4.65. The minimum atomic E-state index is -0.848. The van der Waals surface area contributed by atoms with Gasteiger partial charge in [0.05, 0.1) is 25.3 Å². The fourth-order valence-electron chi connectivity index (χ4n) is 2.97. The first-order valence-corrected chi connectivity index (χ1v) is 7.93. The third-order valence-electron chi connectivity index (χ3n) is 4.11. The van der Waals surface area contributed by atoms with E-state index >= 15 is 0 Å². The average molecular weight is 326 g/mol. The molecule has 1 heterocycles. The van der Waals surface area contributed by atoms with E-state index in [1.54, 1.807) is 26.4 Å². The van der Waals surface area contributed by atoms with E-state index < -0.39 is 6.10 Å². The Balaban J connectivity index is 2.12. The van der Waals surface area contributed by atoms with Crippen LogP contribution in [0.1, 0.15) is 37.4 Å². The van der Waals surface area contributed by atoms with Gasteiger partial charge in [-0.1, -0.05) is 18.2 Å². The second-order valence-electron chi connectivity index (χ2n) is 5.94. The summed E-state index contributed by atoms with van der Waals surface area (Å²) >= 11 is 0. The number of imidazole rings is 1. The van der Waals surface area contributed by atoms with Crippen LogP contribution in [0.25, 0.3) is 11.0 Å². The Bertz CT molecular complexity index is 855. The number of nitrogens with zero attached hydrogens (tertiary/aromatic N) is 2. The van der Waals surface area contributed by atoms with Crippen molar-refractivity contribution in [2.24, 2.45) is 0 Å². The van der Waals surface area contributed by atoms with Crippen LogP contribution in [0.2, 0.25) is 0 Å². The second-order valence-corrected chi connectivity index (χ2v) is 5.94. The van der Waals surface area contributed by atoms with E-state index in [-0.39, 0.29) is 6.04 Å². The normalized spacial score (nSPS) is 12.6. The summed E-state index contributed by atoms with van der Waals surface area (Å²) in [7, 11) is 3.17. The molecule has 1 aromatic heterocycles. The van der Waals surface area contributed by atoms with Gasteiger partial charge in [-0.2, -0.15) is 0 Å². The van der Waals surface area contributed by atoms with Crippen LogP contribution in [0.4, 0.5) is 0 Å². The van der Waals surface area contributed by atoms with Gasteiger partial charge in [0.15, 0.2) is 11.5 Å². The maximum Gasteiger partial charge on any atom is 0.161 e. The predicted molar refractivity (Wildman–Crippen MR) is 93.7 cm³/mol. The summed E-state index contributed by atoms with van der Waals surface area (Å²) in [5, 5.41) is 10.9. The Morgan fingerprint density at radius 3 is 2.38 bits per heavy atom. The number of aliphatic hydroxyl groups is 1. The molecule has 1 unspecified atom stereocenters. The highest BCUT2D eigenvalue weighted by Crippen LogP contribution is 2.33. The maximum atomic E-state index is 10.9. The minimum Gasteiger partial charge on any atom is -0.493 e. The van der Waals surface area contributed by atoms with E-state index in [1.165, 1.54) is 0 Å². The van der Waals surface area contributed by atoms with Crippen LogP contribution in [0.15, 0.2) is 42.5 Å². The first-order valence-electron chi connectivity index (χ1n) is 7.93. The second kappa shape index (κ2) is 6.53. The molecule has 0 bridgehead atoms. The van der Waals surface area contributed by atoms with Crippen molar-refractivity contribution in [1.29, 1.82) is 0 Å². The van der Waals surface area contributed by atoms with Crippen molar-refractivity contribution in [1.82, 2.24) is 9.55 Å². The summed E-state index contributed by atoms with van der Waals surface area (Å²) in [6.45, 7) is 4.16. The molecule has 0 aliphatic rings. The molecule has 24 heavy (non-hydrogen) atoms. The van der Waals surface area contributed by atoms with E-state index in [2.05, 4.69) is 23.4 Å². The number of aliphatic hydroxyl groups excluding tert-OH is 1. The summed E-state index contributed by atoms with van der Waals surface area (Å²) in [6.07, 6.45) is -0.848. The number of benzene rings is 2. The SMILES string of the molecule is COc1ccc(C(O)c2nc3ccccc3n2C(C)C)cc1OC. The van der Waals surface area contributed by atoms with Crippen LogP contribution < -0.4 is 9.47 Å². The molecule has 0 radical (unpaired) electrons. The number of hydrogen-bond acceptors (Lipinski definition) is 4. The Kier molecular flexibility index (Phi) is 4.44. The highest BCUT2D eigenvalue weighted by molar-refractivity contribution is 5.76. The number of rotatable bonds is 5. The molecule has 3 aromatic rings. The molecule has 0 amide bonds. The van der Waals surface area contributed by atoms with Crippen molar-refractivity contribution in [3.8, 4) is 11.5 Å². The minimum absolute atomic E-state index is 0.183. The van der Waals surface area contributed by atoms with Gasteiger partial charge in [-0.15, -0.1) is 0 Å². The monoisotopic (exact) mass is 326 g/mol. The van der Waals surface area contributed by atoms with Crippen molar-refractivity contribution in [2.45, 2.75) is 26.0 Å². The number of hydrogen-bond donors (Lipinski definition) is 1. The largest absolute Gasteiger partial charge is 0.493 e. The molecule has 3 rings (SSSR count). The highest BCUT2D eigenvalue weighted by Gasteiger charge is 2.22. The van der Waals surface area contributed by atoms with Crippen molar-refractivity contribution in [3.63, 3.8) is 0 Å². The van der Waals surface area contributed by atoms with Crippen LogP contribution in [-0.4, -0.2) is 28.9 Å². The molecular formula is C19H22N2O3. The maximum absolute atomic E-state index is 10.9. The number of para-hydroxylation sites is 2. The van der Waals surface area contributed by atoms with Crippen molar-refractivity contribution >= 4 is 11.0 Å². The molecular weight excluding hydrogens is 304 g/mol. The number of methoxy groups -OCH3 is 2. The number of ether oxygens (including phenoxy) is 2. The zero-order valence-electron chi connectivity index (χ0n) is 14.4. The van der Waals surface area contributed by atoms with Crippen molar-refractivity contribution in [3.05, 3.63) is 53.9 Å². The van der Waals surface area contributed by atoms with Gasteiger partial charge < -0.3 is 19.1 Å². The van der Waals surface area contributed by atoms with E-state index in [9.17, 15) is 5.11 Å². The fourth-order valence-corrected chi connectivity index (χ4v) is 2.97. The van der Waals surface area contributed by atoms with Gasteiger partial charge in [0.1, 0.15) is 11.9 Å². The Morgan fingerprint density at radius 1 is 1.00 bits per heavy atom. The third-order valence-corrected chi connectivity index (χ3v) is 4.11. The van der Waals surface area contributed by atoms with Crippen LogP contribution in [0.5, 0.6) is 11.5 Å². The van der Waals surface area contributed by atoms with Crippen molar-refractivity contribution < 1.29 is 14.6 Å². The molecule has 126 valence electrons. The molecule has 0 saturated heterocycles. The molecule has 1 atom stereocenters. The average Bonchev–Trinajstić information content (AvgIpc) is 3.00. The van der Waals surface area contributed by atoms with Gasteiger partial charge >= 0.3 is 0 Å². The fraction of sp³-hybridized carbons (Fsp3) is 0.316. The Morgan fingerprint density at radius 2 is 1.71 bits per heavy atom. The molecule has 0 aliphatic heterocycles. The first-order chi connectivity index (χ1) is 11.6. The molecule has 2 aromatic carbocycles. The standard InChI is InChI=1S/C19H22N2O3/c1-12(2)21-15-8-6-5-7-14(15)20-19(21)18(22)13-9-10-16(23-3)17(11-13)24-4/h5-12,18,22H,1-4H3. The molecule has 1 N–H and O–H groups in total. The van der Waals surface area contributed by atoms with Gasteiger partial charge in [-0.25, -0.2) is 4.98 Å². The van der Waals surface area contributed by atoms with Crippen LogP contribution in [0, 0.1) is 0 Å². The van der Waals surface area contributed by atoms with E-state index in [0.29, 0.717) is 22.9 Å². The lowest BCUT2D eigenvalue weighted by atomic mass is 10.1. The van der Waals surface area contributed by atoms with Crippen LogP contribution >= 0.6 is 0 Å². The lowest BCUT2D eigenvalue weighted by molar-refractivity contribution is 0.202. The van der Waals surface area contributed by atoms with Crippen molar-refractivity contribution in [2.75, 3.05) is 14.2 Å². The van der Waals surface area contributed by atoms with Crippen LogP contribution in [-0.2, 0) is 0 Å². The molecule has 0 fully saturated rings. The van der Waals surface area contributed by atoms with Gasteiger partial charge in [0.25, 0.3) is 0 Å². The number of aromatic nitrogens is 2. The molecule has 5 nitrogen and oxygen atoms in total. The quantitative estimate of drug-likeness (QED) is 0.776. The third kappa shape index (κ3) is 2.71. The molecule has 0 spiro atoms. The van der Waals surface area contributed by atoms with E-state index in [4.69, 9.17) is 9.47 Å². The first kappa shape index (κ1) is 16.3. The Hall–Kier alpha value is -2.53. The summed E-state index contributed by atoms with van der Waals surface area (Å²) in [5.41, 5.74) is 2.60. The summed E-state index contributed by atoms with van der Waals surface area (Å²) in [5.74, 6) is 1.84. The molecule has 0 aliphatic carbocycles. The topological polar surface area (TPSA) is 56.5 Å². The Labute approximate surface area is 141 Å². The summed E-state index contributed by atoms with van der Waals surface area (Å²) in [6, 6.07) is 13.5. The molecule has 5 heteroatoms. The lowest BCUT2D eigenvalue weighted by Gasteiger charge is -2.18. The van der Waals surface area contributed by atoms with Gasteiger partial charge in [-0.3, -0.25) is 0 Å². The smallest absolute Gasteiger partial charge is 0.161 e. The van der Waals surface area contributed by atoms with E-state index in [0.717, 1.165) is 11.0 Å². The predicted octanol–water partition coefficient (Wildman–Crippen LogP) is 3.72. The van der Waals surface area contributed by atoms with Crippen LogP contribution in [0.3, 0.4) is 0 Å². The number of fused-ring (bicyclic) bond motifs is 1. The summed E-state index contributed by atoms with van der Waals surface area (Å²) < 4.78 is 12.7.